The first-order chi connectivity index (χ1) is 7.33. The number of halogens is 1. The van der Waals surface area contributed by atoms with Crippen LogP contribution in [0.2, 0.25) is 5.15 Å². The lowest BCUT2D eigenvalue weighted by molar-refractivity contribution is 0.922. The number of aromatic nitrogens is 3. The van der Waals surface area contributed by atoms with E-state index in [-0.39, 0.29) is 0 Å². The van der Waals surface area contributed by atoms with E-state index in [0.29, 0.717) is 5.15 Å². The van der Waals surface area contributed by atoms with Crippen molar-refractivity contribution in [1.82, 2.24) is 20.3 Å². The Morgan fingerprint density at radius 1 is 1.53 bits per heavy atom. The molecule has 2 aromatic rings. The summed E-state index contributed by atoms with van der Waals surface area (Å²) >= 11 is 5.91. The SMILES string of the molecule is CNCC=Cc1c[nH]c2c(Cl)ncnc12. The van der Waals surface area contributed by atoms with E-state index >= 15 is 0 Å². The maximum absolute atomic E-state index is 5.91. The van der Waals surface area contributed by atoms with E-state index < -0.39 is 0 Å². The number of likely N-dealkylation sites (N-methyl/N-ethyl adjacent to an activating group) is 1. The third-order valence-corrected chi connectivity index (χ3v) is 2.35. The monoisotopic (exact) mass is 222 g/mol. The number of nitrogens with one attached hydrogen (secondary N) is 2. The number of hydrogen-bond acceptors (Lipinski definition) is 3. The zero-order chi connectivity index (χ0) is 10.7. The zero-order valence-electron chi connectivity index (χ0n) is 8.29. The van der Waals surface area contributed by atoms with Crippen LogP contribution in [0.3, 0.4) is 0 Å². The molecule has 0 radical (unpaired) electrons. The molecule has 5 heteroatoms. The Balaban J connectivity index is 2.41. The number of rotatable bonds is 3. The van der Waals surface area contributed by atoms with Crippen molar-refractivity contribution < 1.29 is 0 Å². The van der Waals surface area contributed by atoms with Gasteiger partial charge < -0.3 is 10.3 Å². The van der Waals surface area contributed by atoms with Gasteiger partial charge in [0.05, 0.1) is 0 Å². The molecule has 2 aromatic heterocycles. The molecule has 0 aliphatic rings. The Bertz CT molecular complexity index is 489. The quantitative estimate of drug-likeness (QED) is 0.780. The molecule has 0 fully saturated rings. The van der Waals surface area contributed by atoms with E-state index in [2.05, 4.69) is 20.3 Å². The van der Waals surface area contributed by atoms with Gasteiger partial charge in [0, 0.05) is 18.3 Å². The van der Waals surface area contributed by atoms with Gasteiger partial charge in [-0.1, -0.05) is 23.8 Å². The van der Waals surface area contributed by atoms with Crippen LogP contribution in [0, 0.1) is 0 Å². The lowest BCUT2D eigenvalue weighted by Crippen LogP contribution is -2.03. The molecule has 78 valence electrons. The molecule has 0 aliphatic carbocycles. The largest absolute Gasteiger partial charge is 0.357 e. The summed E-state index contributed by atoms with van der Waals surface area (Å²) in [4.78, 5) is 11.1. The fourth-order valence-corrected chi connectivity index (χ4v) is 1.55. The molecule has 0 saturated heterocycles. The van der Waals surface area contributed by atoms with Crippen molar-refractivity contribution in [3.8, 4) is 0 Å². The van der Waals surface area contributed by atoms with Crippen molar-refractivity contribution >= 4 is 28.7 Å². The van der Waals surface area contributed by atoms with Gasteiger partial charge in [-0.2, -0.15) is 0 Å². The van der Waals surface area contributed by atoms with Crippen molar-refractivity contribution in [2.24, 2.45) is 0 Å². The molecular formula is C10H11ClN4. The van der Waals surface area contributed by atoms with Crippen LogP contribution in [0.5, 0.6) is 0 Å². The molecule has 0 aliphatic heterocycles. The zero-order valence-corrected chi connectivity index (χ0v) is 9.04. The summed E-state index contributed by atoms with van der Waals surface area (Å²) in [7, 11) is 1.90. The Morgan fingerprint density at radius 3 is 3.20 bits per heavy atom. The Hall–Kier alpha value is -1.39. The number of aromatic amines is 1. The molecule has 2 rings (SSSR count). The van der Waals surface area contributed by atoms with Crippen LogP contribution in [0.1, 0.15) is 5.56 Å². The van der Waals surface area contributed by atoms with Crippen LogP contribution in [-0.2, 0) is 0 Å². The smallest absolute Gasteiger partial charge is 0.156 e. The third kappa shape index (κ3) is 2.00. The minimum atomic E-state index is 0.452. The molecule has 15 heavy (non-hydrogen) atoms. The van der Waals surface area contributed by atoms with Gasteiger partial charge in [0.25, 0.3) is 0 Å². The maximum atomic E-state index is 5.91. The second-order valence-electron chi connectivity index (χ2n) is 3.09. The molecule has 0 saturated carbocycles. The van der Waals surface area contributed by atoms with Crippen molar-refractivity contribution in [2.45, 2.75) is 0 Å². The number of fused-ring (bicyclic) bond motifs is 1. The van der Waals surface area contributed by atoms with Crippen LogP contribution in [0.15, 0.2) is 18.6 Å². The van der Waals surface area contributed by atoms with E-state index in [1.54, 1.807) is 0 Å². The summed E-state index contributed by atoms with van der Waals surface area (Å²) in [5.74, 6) is 0. The lowest BCUT2D eigenvalue weighted by Gasteiger charge is -1.92. The van der Waals surface area contributed by atoms with Crippen molar-refractivity contribution in [3.63, 3.8) is 0 Å². The Kier molecular flexibility index (Phi) is 2.99. The molecule has 0 unspecified atom stereocenters. The van der Waals surface area contributed by atoms with Gasteiger partial charge in [0.2, 0.25) is 0 Å². The van der Waals surface area contributed by atoms with Gasteiger partial charge in [0.1, 0.15) is 17.4 Å². The first-order valence-electron chi connectivity index (χ1n) is 4.61. The van der Waals surface area contributed by atoms with Crippen molar-refractivity contribution in [1.29, 1.82) is 0 Å². The Morgan fingerprint density at radius 2 is 2.40 bits per heavy atom. The predicted octanol–water partition coefficient (Wildman–Crippen LogP) is 1.84. The van der Waals surface area contributed by atoms with Crippen LogP contribution in [0.25, 0.3) is 17.1 Å². The van der Waals surface area contributed by atoms with E-state index in [0.717, 1.165) is 23.1 Å². The minimum Gasteiger partial charge on any atom is -0.357 e. The highest BCUT2D eigenvalue weighted by molar-refractivity contribution is 6.33. The molecule has 4 nitrogen and oxygen atoms in total. The molecular weight excluding hydrogens is 212 g/mol. The van der Waals surface area contributed by atoms with Crippen LogP contribution >= 0.6 is 11.6 Å². The van der Waals surface area contributed by atoms with Crippen LogP contribution in [0.4, 0.5) is 0 Å². The normalized spacial score (nSPS) is 11.6. The van der Waals surface area contributed by atoms with E-state index in [9.17, 15) is 0 Å². The fourth-order valence-electron chi connectivity index (χ4n) is 1.36. The van der Waals surface area contributed by atoms with Gasteiger partial charge in [-0.25, -0.2) is 9.97 Å². The molecule has 0 aromatic carbocycles. The minimum absolute atomic E-state index is 0.452. The molecule has 0 atom stereocenters. The summed E-state index contributed by atoms with van der Waals surface area (Å²) < 4.78 is 0. The highest BCUT2D eigenvalue weighted by atomic mass is 35.5. The molecule has 0 bridgehead atoms. The summed E-state index contributed by atoms with van der Waals surface area (Å²) in [6.45, 7) is 0.825. The topological polar surface area (TPSA) is 53.6 Å². The van der Waals surface area contributed by atoms with E-state index in [4.69, 9.17) is 11.6 Å². The fraction of sp³-hybridized carbons (Fsp3) is 0.200. The lowest BCUT2D eigenvalue weighted by atomic mass is 10.2. The number of hydrogen-bond donors (Lipinski definition) is 2. The molecule has 0 spiro atoms. The highest BCUT2D eigenvalue weighted by Crippen LogP contribution is 2.21. The van der Waals surface area contributed by atoms with Gasteiger partial charge in [0.15, 0.2) is 5.15 Å². The second-order valence-corrected chi connectivity index (χ2v) is 3.45. The molecule has 2 heterocycles. The van der Waals surface area contributed by atoms with Crippen LogP contribution in [-0.4, -0.2) is 28.5 Å². The van der Waals surface area contributed by atoms with E-state index in [1.165, 1.54) is 6.33 Å². The van der Waals surface area contributed by atoms with Gasteiger partial charge in [-0.3, -0.25) is 0 Å². The van der Waals surface area contributed by atoms with Crippen LogP contribution < -0.4 is 5.32 Å². The maximum Gasteiger partial charge on any atom is 0.156 e. The third-order valence-electron chi connectivity index (χ3n) is 2.07. The Labute approximate surface area is 92.4 Å². The summed E-state index contributed by atoms with van der Waals surface area (Å²) in [6.07, 6.45) is 7.36. The van der Waals surface area contributed by atoms with Gasteiger partial charge in [-0.05, 0) is 7.05 Å². The van der Waals surface area contributed by atoms with E-state index in [1.807, 2.05) is 25.4 Å². The highest BCUT2D eigenvalue weighted by Gasteiger charge is 2.05. The average Bonchev–Trinajstić information content (AvgIpc) is 2.64. The van der Waals surface area contributed by atoms with Gasteiger partial charge in [-0.15, -0.1) is 0 Å². The van der Waals surface area contributed by atoms with Crippen molar-refractivity contribution in [3.05, 3.63) is 29.3 Å². The standard InChI is InChI=1S/C10H11ClN4/c1-12-4-2-3-7-5-13-9-8(7)14-6-15-10(9)11/h2-3,5-6,12-13H,4H2,1H3. The molecule has 0 amide bonds. The number of nitrogens with zero attached hydrogens (tertiary/aromatic N) is 2. The molecule has 2 N–H and O–H groups in total. The first kappa shape index (κ1) is 10.1. The summed E-state index contributed by atoms with van der Waals surface area (Å²) in [5, 5.41) is 3.49. The summed E-state index contributed by atoms with van der Waals surface area (Å²) in [5.41, 5.74) is 2.65. The summed E-state index contributed by atoms with van der Waals surface area (Å²) in [6, 6.07) is 0. The predicted molar refractivity (Wildman–Crippen MR) is 61.9 cm³/mol. The van der Waals surface area contributed by atoms with Crippen molar-refractivity contribution in [2.75, 3.05) is 13.6 Å². The first-order valence-corrected chi connectivity index (χ1v) is 4.99. The van der Waals surface area contributed by atoms with Gasteiger partial charge >= 0.3 is 0 Å². The number of H-pyrrole nitrogens is 1. The average molecular weight is 223 g/mol. The second kappa shape index (κ2) is 4.42.